The first-order valence-corrected chi connectivity index (χ1v) is 6.81. The van der Waals surface area contributed by atoms with Crippen LogP contribution in [0.3, 0.4) is 0 Å². The summed E-state index contributed by atoms with van der Waals surface area (Å²) >= 11 is 1.78. The fourth-order valence-corrected chi connectivity index (χ4v) is 3.06. The van der Waals surface area contributed by atoms with E-state index in [1.807, 2.05) is 6.20 Å². The molecule has 1 N–H and O–H groups in total. The van der Waals surface area contributed by atoms with Crippen molar-refractivity contribution in [1.29, 1.82) is 0 Å². The van der Waals surface area contributed by atoms with E-state index in [1.165, 1.54) is 29.3 Å². The summed E-state index contributed by atoms with van der Waals surface area (Å²) in [6.45, 7) is 2.27. The Balaban J connectivity index is 1.85. The van der Waals surface area contributed by atoms with Gasteiger partial charge in [0.15, 0.2) is 0 Å². The summed E-state index contributed by atoms with van der Waals surface area (Å²) in [6, 6.07) is 4.79. The monoisotopic (exact) mass is 232 g/mol. The number of pyridine rings is 1. The molecule has 0 amide bonds. The van der Waals surface area contributed by atoms with Crippen LogP contribution in [0.25, 0.3) is 10.1 Å². The number of fused-ring (bicyclic) bond motifs is 1. The average molecular weight is 232 g/mol. The minimum Gasteiger partial charge on any atom is -0.367 e. The molecule has 16 heavy (non-hydrogen) atoms. The molecule has 3 heteroatoms. The van der Waals surface area contributed by atoms with E-state index in [0.717, 1.165) is 11.7 Å². The first-order valence-electron chi connectivity index (χ1n) is 5.93. The number of anilines is 1. The van der Waals surface area contributed by atoms with Crippen LogP contribution in [0.2, 0.25) is 0 Å². The van der Waals surface area contributed by atoms with Gasteiger partial charge in [0, 0.05) is 22.3 Å². The van der Waals surface area contributed by atoms with Crippen molar-refractivity contribution < 1.29 is 0 Å². The predicted octanol–water partition coefficient (Wildman–Crippen LogP) is 3.90. The molecule has 0 bridgehead atoms. The third-order valence-corrected chi connectivity index (χ3v) is 4.48. The van der Waals surface area contributed by atoms with Gasteiger partial charge >= 0.3 is 0 Å². The second-order valence-corrected chi connectivity index (χ2v) is 5.56. The molecule has 2 nitrogen and oxygen atoms in total. The van der Waals surface area contributed by atoms with Crippen molar-refractivity contribution in [1.82, 2.24) is 4.98 Å². The summed E-state index contributed by atoms with van der Waals surface area (Å²) in [7, 11) is 0. The van der Waals surface area contributed by atoms with Gasteiger partial charge in [0.05, 0.1) is 0 Å². The molecule has 2 aromatic rings. The van der Waals surface area contributed by atoms with Gasteiger partial charge in [-0.1, -0.05) is 6.42 Å². The molecule has 2 aromatic heterocycles. The summed E-state index contributed by atoms with van der Waals surface area (Å²) in [4.78, 5) is 4.46. The van der Waals surface area contributed by atoms with Crippen LogP contribution >= 0.6 is 11.3 Å². The van der Waals surface area contributed by atoms with E-state index in [9.17, 15) is 0 Å². The lowest BCUT2D eigenvalue weighted by atomic mass is 9.80. The van der Waals surface area contributed by atoms with Gasteiger partial charge in [0.1, 0.15) is 5.82 Å². The molecule has 84 valence electrons. The van der Waals surface area contributed by atoms with Crippen molar-refractivity contribution >= 4 is 27.2 Å². The molecular weight excluding hydrogens is 216 g/mol. The zero-order valence-corrected chi connectivity index (χ0v) is 10.3. The number of thiophene rings is 1. The molecule has 0 aromatic carbocycles. The summed E-state index contributed by atoms with van der Waals surface area (Å²) in [5.74, 6) is 1.90. The van der Waals surface area contributed by atoms with Gasteiger partial charge in [-0.3, -0.25) is 0 Å². The Morgan fingerprint density at radius 3 is 3.06 bits per heavy atom. The van der Waals surface area contributed by atoms with Crippen LogP contribution < -0.4 is 5.32 Å². The average Bonchev–Trinajstić information content (AvgIpc) is 2.63. The van der Waals surface area contributed by atoms with E-state index in [4.69, 9.17) is 0 Å². The van der Waals surface area contributed by atoms with Gasteiger partial charge in [-0.05, 0) is 43.2 Å². The number of aromatic nitrogens is 1. The van der Waals surface area contributed by atoms with Crippen LogP contribution in [-0.4, -0.2) is 11.0 Å². The number of hydrogen-bond donors (Lipinski definition) is 1. The molecule has 0 saturated heterocycles. The van der Waals surface area contributed by atoms with Gasteiger partial charge in [-0.25, -0.2) is 4.98 Å². The fraction of sp³-hybridized carbons (Fsp3) is 0.462. The molecule has 1 unspecified atom stereocenters. The first-order chi connectivity index (χ1) is 7.84. The van der Waals surface area contributed by atoms with E-state index >= 15 is 0 Å². The molecule has 2 heterocycles. The van der Waals surface area contributed by atoms with Crippen LogP contribution in [-0.2, 0) is 0 Å². The SMILES string of the molecule is CC(Nc1nccc2sccc12)C1CCC1. The normalized spacial score (nSPS) is 18.3. The van der Waals surface area contributed by atoms with Crippen LogP contribution in [0.15, 0.2) is 23.7 Å². The van der Waals surface area contributed by atoms with Crippen LogP contribution in [0.5, 0.6) is 0 Å². The highest BCUT2D eigenvalue weighted by molar-refractivity contribution is 7.17. The maximum Gasteiger partial charge on any atom is 0.134 e. The number of nitrogens with one attached hydrogen (secondary N) is 1. The Morgan fingerprint density at radius 2 is 2.31 bits per heavy atom. The topological polar surface area (TPSA) is 24.9 Å². The van der Waals surface area contributed by atoms with Crippen LogP contribution in [0, 0.1) is 5.92 Å². The fourth-order valence-electron chi connectivity index (χ4n) is 2.28. The molecule has 0 spiro atoms. The second-order valence-electron chi connectivity index (χ2n) is 4.62. The van der Waals surface area contributed by atoms with Gasteiger partial charge in [-0.15, -0.1) is 11.3 Å². The van der Waals surface area contributed by atoms with Gasteiger partial charge < -0.3 is 5.32 Å². The quantitative estimate of drug-likeness (QED) is 0.868. The van der Waals surface area contributed by atoms with Gasteiger partial charge in [0.2, 0.25) is 0 Å². The Hall–Kier alpha value is -1.09. The number of rotatable bonds is 3. The van der Waals surface area contributed by atoms with E-state index in [0.29, 0.717) is 6.04 Å². The minimum absolute atomic E-state index is 0.548. The lowest BCUT2D eigenvalue weighted by molar-refractivity contribution is 0.285. The van der Waals surface area contributed by atoms with Crippen LogP contribution in [0.1, 0.15) is 26.2 Å². The van der Waals surface area contributed by atoms with Crippen molar-refractivity contribution in [2.24, 2.45) is 5.92 Å². The van der Waals surface area contributed by atoms with Crippen LogP contribution in [0.4, 0.5) is 5.82 Å². The Bertz CT molecular complexity index is 487. The molecular formula is C13H16N2S. The second kappa shape index (κ2) is 4.06. The minimum atomic E-state index is 0.548. The molecule has 3 rings (SSSR count). The maximum absolute atomic E-state index is 4.46. The Labute approximate surface area is 99.7 Å². The van der Waals surface area contributed by atoms with E-state index in [2.05, 4.69) is 34.7 Å². The first kappa shape index (κ1) is 10.1. The molecule has 1 aliphatic carbocycles. The predicted molar refractivity (Wildman–Crippen MR) is 70.0 cm³/mol. The van der Waals surface area contributed by atoms with Crippen molar-refractivity contribution in [3.63, 3.8) is 0 Å². The molecule has 1 fully saturated rings. The third-order valence-electron chi connectivity index (χ3n) is 3.60. The highest BCUT2D eigenvalue weighted by atomic mass is 32.1. The zero-order chi connectivity index (χ0) is 11.0. The van der Waals surface area contributed by atoms with Gasteiger partial charge in [0.25, 0.3) is 0 Å². The maximum atomic E-state index is 4.46. The highest BCUT2D eigenvalue weighted by Crippen LogP contribution is 2.32. The summed E-state index contributed by atoms with van der Waals surface area (Å²) in [5, 5.41) is 6.96. The summed E-state index contributed by atoms with van der Waals surface area (Å²) in [6.07, 6.45) is 6.03. The zero-order valence-electron chi connectivity index (χ0n) is 9.44. The largest absolute Gasteiger partial charge is 0.367 e. The number of nitrogens with zero attached hydrogens (tertiary/aromatic N) is 1. The number of hydrogen-bond acceptors (Lipinski definition) is 3. The summed E-state index contributed by atoms with van der Waals surface area (Å²) < 4.78 is 1.32. The lowest BCUT2D eigenvalue weighted by Crippen LogP contribution is -2.31. The summed E-state index contributed by atoms with van der Waals surface area (Å²) in [5.41, 5.74) is 0. The highest BCUT2D eigenvalue weighted by Gasteiger charge is 2.24. The van der Waals surface area contributed by atoms with Crippen molar-refractivity contribution in [3.8, 4) is 0 Å². The molecule has 0 aliphatic heterocycles. The lowest BCUT2D eigenvalue weighted by Gasteiger charge is -2.32. The molecule has 0 radical (unpaired) electrons. The molecule has 1 atom stereocenters. The van der Waals surface area contributed by atoms with Crippen molar-refractivity contribution in [2.45, 2.75) is 32.2 Å². The Kier molecular flexibility index (Phi) is 2.56. The van der Waals surface area contributed by atoms with Crippen molar-refractivity contribution in [3.05, 3.63) is 23.7 Å². The van der Waals surface area contributed by atoms with E-state index in [1.54, 1.807) is 11.3 Å². The van der Waals surface area contributed by atoms with E-state index in [-0.39, 0.29) is 0 Å². The third kappa shape index (κ3) is 1.69. The van der Waals surface area contributed by atoms with E-state index < -0.39 is 0 Å². The smallest absolute Gasteiger partial charge is 0.134 e. The molecule has 1 aliphatic rings. The standard InChI is InChI=1S/C13H16N2S/c1-9(10-3-2-4-10)15-13-11-6-8-16-12(11)5-7-14-13/h5-10H,2-4H2,1H3,(H,14,15). The Morgan fingerprint density at radius 1 is 1.44 bits per heavy atom. The van der Waals surface area contributed by atoms with Gasteiger partial charge in [-0.2, -0.15) is 0 Å². The molecule has 1 saturated carbocycles. The van der Waals surface area contributed by atoms with Crippen molar-refractivity contribution in [2.75, 3.05) is 5.32 Å².